The first-order valence-corrected chi connectivity index (χ1v) is 5.14. The van der Waals surface area contributed by atoms with Gasteiger partial charge in [-0.1, -0.05) is 12.4 Å². The molecule has 0 aliphatic rings. The summed E-state index contributed by atoms with van der Waals surface area (Å²) in [6, 6.07) is 2.69. The van der Waals surface area contributed by atoms with E-state index in [2.05, 4.69) is 9.97 Å². The highest BCUT2D eigenvalue weighted by Gasteiger charge is 2.30. The standard InChI is InChI=1S/C11H8BF3N2O/c1-11(14,15)9-10(18)17-8-6(16-9)3-2-5(4-12)7(8)13/h2-3H,4H2,1H3,(H,17,18). The van der Waals surface area contributed by atoms with Crippen LogP contribution in [0.3, 0.4) is 0 Å². The second kappa shape index (κ2) is 4.15. The second-order valence-electron chi connectivity index (χ2n) is 3.94. The molecule has 2 rings (SSSR count). The number of aromatic amines is 1. The molecule has 0 saturated carbocycles. The molecule has 0 fully saturated rings. The topological polar surface area (TPSA) is 45.8 Å². The van der Waals surface area contributed by atoms with E-state index in [4.69, 9.17) is 7.85 Å². The summed E-state index contributed by atoms with van der Waals surface area (Å²) in [4.78, 5) is 17.0. The van der Waals surface area contributed by atoms with E-state index < -0.39 is 23.0 Å². The average molecular weight is 252 g/mol. The molecule has 2 aromatic rings. The first kappa shape index (κ1) is 12.7. The number of fused-ring (bicyclic) bond motifs is 1. The van der Waals surface area contributed by atoms with Crippen molar-refractivity contribution in [3.63, 3.8) is 0 Å². The number of hydrogen-bond donors (Lipinski definition) is 1. The maximum atomic E-state index is 13.8. The van der Waals surface area contributed by atoms with Crippen LogP contribution in [0.1, 0.15) is 18.2 Å². The number of alkyl halides is 2. The molecule has 3 nitrogen and oxygen atoms in total. The Morgan fingerprint density at radius 1 is 1.44 bits per heavy atom. The molecule has 0 aliphatic heterocycles. The quantitative estimate of drug-likeness (QED) is 0.829. The SMILES string of the molecule is [B]Cc1ccc2nc(C(C)(F)F)c(=O)[nH]c2c1F. The average Bonchev–Trinajstić information content (AvgIpc) is 2.28. The lowest BCUT2D eigenvalue weighted by Crippen LogP contribution is -2.25. The van der Waals surface area contributed by atoms with Gasteiger partial charge in [-0.05, 0) is 11.6 Å². The Bertz CT molecular complexity index is 664. The van der Waals surface area contributed by atoms with Gasteiger partial charge in [0.15, 0.2) is 11.5 Å². The molecule has 1 N–H and O–H groups in total. The monoisotopic (exact) mass is 252 g/mol. The first-order valence-electron chi connectivity index (χ1n) is 5.14. The lowest BCUT2D eigenvalue weighted by Gasteiger charge is -2.10. The summed E-state index contributed by atoms with van der Waals surface area (Å²) in [6.07, 6.45) is -0.0600. The molecular weight excluding hydrogens is 244 g/mol. The van der Waals surface area contributed by atoms with Gasteiger partial charge in [0, 0.05) is 6.92 Å². The van der Waals surface area contributed by atoms with Crippen molar-refractivity contribution in [2.45, 2.75) is 19.2 Å². The number of benzene rings is 1. The summed E-state index contributed by atoms with van der Waals surface area (Å²) in [5.41, 5.74) is -2.12. The van der Waals surface area contributed by atoms with Gasteiger partial charge in [-0.3, -0.25) is 4.79 Å². The Kier molecular flexibility index (Phi) is 2.92. The van der Waals surface area contributed by atoms with Gasteiger partial charge in [-0.25, -0.2) is 9.37 Å². The van der Waals surface area contributed by atoms with Crippen LogP contribution in [-0.4, -0.2) is 17.8 Å². The minimum Gasteiger partial charge on any atom is -0.316 e. The van der Waals surface area contributed by atoms with Gasteiger partial charge in [0.25, 0.3) is 11.5 Å². The van der Waals surface area contributed by atoms with Gasteiger partial charge in [0.1, 0.15) is 5.52 Å². The molecule has 1 aromatic carbocycles. The van der Waals surface area contributed by atoms with Crippen molar-refractivity contribution in [2.24, 2.45) is 0 Å². The molecule has 0 spiro atoms. The molecule has 18 heavy (non-hydrogen) atoms. The summed E-state index contributed by atoms with van der Waals surface area (Å²) in [5.74, 6) is -4.13. The molecule has 0 bridgehead atoms. The molecule has 0 saturated heterocycles. The van der Waals surface area contributed by atoms with Crippen LogP contribution < -0.4 is 5.56 Å². The van der Waals surface area contributed by atoms with Crippen molar-refractivity contribution in [1.82, 2.24) is 9.97 Å². The zero-order chi connectivity index (χ0) is 13.5. The summed E-state index contributed by atoms with van der Waals surface area (Å²) < 4.78 is 40.0. The number of nitrogens with one attached hydrogen (secondary N) is 1. The van der Waals surface area contributed by atoms with Crippen molar-refractivity contribution in [1.29, 1.82) is 0 Å². The van der Waals surface area contributed by atoms with E-state index in [1.807, 2.05) is 0 Å². The third kappa shape index (κ3) is 2.00. The van der Waals surface area contributed by atoms with E-state index in [-0.39, 0.29) is 22.9 Å². The molecule has 92 valence electrons. The molecule has 0 aliphatic carbocycles. The third-order valence-corrected chi connectivity index (χ3v) is 2.52. The number of aromatic nitrogens is 2. The largest absolute Gasteiger partial charge is 0.316 e. The minimum absolute atomic E-state index is 0.0409. The van der Waals surface area contributed by atoms with Crippen LogP contribution in [0, 0.1) is 5.82 Å². The summed E-state index contributed by atoms with van der Waals surface area (Å²) in [7, 11) is 5.31. The zero-order valence-electron chi connectivity index (χ0n) is 9.43. The molecule has 0 amide bonds. The maximum Gasteiger partial charge on any atom is 0.292 e. The van der Waals surface area contributed by atoms with E-state index in [1.54, 1.807) is 0 Å². The molecule has 7 heteroatoms. The van der Waals surface area contributed by atoms with Crippen LogP contribution in [0.2, 0.25) is 0 Å². The highest BCUT2D eigenvalue weighted by Crippen LogP contribution is 2.24. The molecule has 1 heterocycles. The normalized spacial score (nSPS) is 12.0. The zero-order valence-corrected chi connectivity index (χ0v) is 9.43. The van der Waals surface area contributed by atoms with Gasteiger partial charge in [0.05, 0.1) is 13.4 Å². The molecular formula is C11H8BF3N2O. The number of rotatable bonds is 2. The van der Waals surface area contributed by atoms with Crippen LogP contribution in [0.15, 0.2) is 16.9 Å². The van der Waals surface area contributed by atoms with Crippen molar-refractivity contribution in [2.75, 3.05) is 0 Å². The summed E-state index contributed by atoms with van der Waals surface area (Å²) in [5, 5.41) is 0. The van der Waals surface area contributed by atoms with Gasteiger partial charge in [-0.2, -0.15) is 8.78 Å². The highest BCUT2D eigenvalue weighted by molar-refractivity contribution is 6.08. The van der Waals surface area contributed by atoms with Crippen molar-refractivity contribution >= 4 is 18.9 Å². The van der Waals surface area contributed by atoms with E-state index in [0.717, 1.165) is 0 Å². The van der Waals surface area contributed by atoms with Crippen molar-refractivity contribution in [3.05, 3.63) is 39.6 Å². The smallest absolute Gasteiger partial charge is 0.292 e. The lowest BCUT2D eigenvalue weighted by molar-refractivity contribution is 0.0115. The van der Waals surface area contributed by atoms with E-state index in [9.17, 15) is 18.0 Å². The first-order chi connectivity index (χ1) is 8.34. The molecule has 1 aromatic heterocycles. The van der Waals surface area contributed by atoms with Crippen LogP contribution in [-0.2, 0) is 12.2 Å². The number of H-pyrrole nitrogens is 1. The molecule has 0 atom stereocenters. The Labute approximate surface area is 101 Å². The van der Waals surface area contributed by atoms with Gasteiger partial charge >= 0.3 is 0 Å². The van der Waals surface area contributed by atoms with Gasteiger partial charge < -0.3 is 4.98 Å². The van der Waals surface area contributed by atoms with Gasteiger partial charge in [-0.15, -0.1) is 0 Å². The Morgan fingerprint density at radius 3 is 2.67 bits per heavy atom. The second-order valence-corrected chi connectivity index (χ2v) is 3.94. The number of halogens is 3. The Hall–Kier alpha value is -1.79. The predicted octanol–water partition coefficient (Wildman–Crippen LogP) is 1.84. The minimum atomic E-state index is -3.38. The highest BCUT2D eigenvalue weighted by atomic mass is 19.3. The van der Waals surface area contributed by atoms with Crippen LogP contribution in [0.4, 0.5) is 13.2 Å². The molecule has 2 radical (unpaired) electrons. The van der Waals surface area contributed by atoms with E-state index in [0.29, 0.717) is 6.92 Å². The van der Waals surface area contributed by atoms with Crippen LogP contribution in [0.25, 0.3) is 11.0 Å². The van der Waals surface area contributed by atoms with Crippen molar-refractivity contribution < 1.29 is 13.2 Å². The summed E-state index contributed by atoms with van der Waals surface area (Å²) in [6.45, 7) is 0.557. The van der Waals surface area contributed by atoms with Gasteiger partial charge in [0.2, 0.25) is 0 Å². The Morgan fingerprint density at radius 2 is 2.11 bits per heavy atom. The Balaban J connectivity index is 2.80. The molecule has 0 unspecified atom stereocenters. The van der Waals surface area contributed by atoms with E-state index >= 15 is 0 Å². The number of nitrogens with zero attached hydrogens (tertiary/aromatic N) is 1. The number of hydrogen-bond acceptors (Lipinski definition) is 2. The fourth-order valence-electron chi connectivity index (χ4n) is 1.62. The van der Waals surface area contributed by atoms with Crippen LogP contribution >= 0.6 is 0 Å². The fraction of sp³-hybridized carbons (Fsp3) is 0.273. The van der Waals surface area contributed by atoms with Crippen LogP contribution in [0.5, 0.6) is 0 Å². The van der Waals surface area contributed by atoms with E-state index in [1.165, 1.54) is 12.1 Å². The van der Waals surface area contributed by atoms with Crippen molar-refractivity contribution in [3.8, 4) is 0 Å². The maximum absolute atomic E-state index is 13.8. The summed E-state index contributed by atoms with van der Waals surface area (Å²) >= 11 is 0. The third-order valence-electron chi connectivity index (χ3n) is 2.52. The lowest BCUT2D eigenvalue weighted by atomic mass is 9.96. The fourth-order valence-corrected chi connectivity index (χ4v) is 1.62. The predicted molar refractivity (Wildman–Crippen MR) is 61.3 cm³/mol.